The maximum Gasteiger partial charge on any atom is 0.241 e. The molecule has 1 aliphatic heterocycles. The van der Waals surface area contributed by atoms with Crippen LogP contribution in [0.4, 0.5) is 10.1 Å². The molecule has 0 unspecified atom stereocenters. The molecule has 2 atom stereocenters. The quantitative estimate of drug-likeness (QED) is 0.820. The highest BCUT2D eigenvalue weighted by Crippen LogP contribution is 2.24. The highest BCUT2D eigenvalue weighted by molar-refractivity contribution is 5.97. The lowest BCUT2D eigenvalue weighted by atomic mass is 10.1. The van der Waals surface area contributed by atoms with Crippen molar-refractivity contribution in [2.45, 2.75) is 26.0 Å². The molecule has 1 amide bonds. The van der Waals surface area contributed by atoms with E-state index in [0.717, 1.165) is 5.56 Å². The van der Waals surface area contributed by atoms with Crippen LogP contribution in [0.5, 0.6) is 0 Å². The fourth-order valence-electron chi connectivity index (χ4n) is 3.10. The Morgan fingerprint density at radius 3 is 2.44 bits per heavy atom. The summed E-state index contributed by atoms with van der Waals surface area (Å²) in [6, 6.07) is 12.8. The lowest BCUT2D eigenvalue weighted by Gasteiger charge is -2.36. The number of Topliss-reactive ketones (excluding diaryl/α,β-unsaturated/α-hetero) is 1. The van der Waals surface area contributed by atoms with Crippen molar-refractivity contribution in [1.82, 2.24) is 4.90 Å². The van der Waals surface area contributed by atoms with E-state index in [1.807, 2.05) is 6.92 Å². The molecular weight excluding hydrogens is 347 g/mol. The van der Waals surface area contributed by atoms with Crippen LogP contribution in [0.3, 0.4) is 0 Å². The molecule has 0 radical (unpaired) electrons. The Kier molecular flexibility index (Phi) is 5.98. The topological polar surface area (TPSA) is 58.6 Å². The molecule has 3 rings (SSSR count). The third kappa shape index (κ3) is 4.78. The molecule has 1 heterocycles. The number of nitrogens with zero attached hydrogens (tertiary/aromatic N) is 1. The number of amides is 1. The van der Waals surface area contributed by atoms with Crippen LogP contribution in [0.25, 0.3) is 0 Å². The fraction of sp³-hybridized carbons (Fsp3) is 0.333. The van der Waals surface area contributed by atoms with Crippen molar-refractivity contribution in [2.24, 2.45) is 0 Å². The number of halogens is 1. The standard InChI is InChI=1S/C21H23FN2O3/c1-14(21(26)23-19-9-5-16(6-10-19)15(2)25)24-11-12-27-20(13-24)17-3-7-18(22)8-4-17/h3-10,14,20H,11-13H2,1-2H3,(H,23,26)/t14-,20-/m0/s1. The van der Waals surface area contributed by atoms with Gasteiger partial charge in [-0.25, -0.2) is 4.39 Å². The van der Waals surface area contributed by atoms with Gasteiger partial charge < -0.3 is 10.1 Å². The summed E-state index contributed by atoms with van der Waals surface area (Å²) in [4.78, 5) is 26.0. The van der Waals surface area contributed by atoms with Crippen molar-refractivity contribution in [3.8, 4) is 0 Å². The van der Waals surface area contributed by atoms with Gasteiger partial charge in [0, 0.05) is 24.3 Å². The molecule has 142 valence electrons. The number of anilines is 1. The third-order valence-electron chi connectivity index (χ3n) is 4.83. The minimum absolute atomic E-state index is 0.0126. The summed E-state index contributed by atoms with van der Waals surface area (Å²) in [6.45, 7) is 5.07. The van der Waals surface area contributed by atoms with Crippen LogP contribution < -0.4 is 5.32 Å². The summed E-state index contributed by atoms with van der Waals surface area (Å²) in [7, 11) is 0. The Morgan fingerprint density at radius 2 is 1.81 bits per heavy atom. The predicted molar refractivity (Wildman–Crippen MR) is 101 cm³/mol. The molecule has 0 bridgehead atoms. The molecule has 2 aromatic carbocycles. The predicted octanol–water partition coefficient (Wildman–Crippen LogP) is 3.43. The summed E-state index contributed by atoms with van der Waals surface area (Å²) in [6.07, 6.45) is -0.190. The van der Waals surface area contributed by atoms with Gasteiger partial charge in [-0.05, 0) is 55.8 Å². The highest BCUT2D eigenvalue weighted by Gasteiger charge is 2.28. The summed E-state index contributed by atoms with van der Waals surface area (Å²) in [5.74, 6) is -0.415. The van der Waals surface area contributed by atoms with Crippen molar-refractivity contribution in [3.63, 3.8) is 0 Å². The van der Waals surface area contributed by atoms with Gasteiger partial charge in [-0.2, -0.15) is 0 Å². The number of ether oxygens (including phenoxy) is 1. The number of carbonyl (C=O) groups excluding carboxylic acids is 2. The van der Waals surface area contributed by atoms with E-state index < -0.39 is 0 Å². The van der Waals surface area contributed by atoms with Crippen LogP contribution >= 0.6 is 0 Å². The molecule has 0 aromatic heterocycles. The van der Waals surface area contributed by atoms with Gasteiger partial charge in [0.1, 0.15) is 5.82 Å². The van der Waals surface area contributed by atoms with Crippen LogP contribution in [0, 0.1) is 5.82 Å². The smallest absolute Gasteiger partial charge is 0.241 e. The molecule has 0 aliphatic carbocycles. The molecule has 27 heavy (non-hydrogen) atoms. The molecular formula is C21H23FN2O3. The van der Waals surface area contributed by atoms with Gasteiger partial charge in [-0.1, -0.05) is 12.1 Å². The Bertz CT molecular complexity index is 805. The molecule has 0 saturated carbocycles. The van der Waals surface area contributed by atoms with Gasteiger partial charge >= 0.3 is 0 Å². The number of hydrogen-bond acceptors (Lipinski definition) is 4. The zero-order valence-electron chi connectivity index (χ0n) is 15.4. The van der Waals surface area contributed by atoms with Crippen molar-refractivity contribution < 1.29 is 18.7 Å². The van der Waals surface area contributed by atoms with Crippen LogP contribution in [-0.2, 0) is 9.53 Å². The van der Waals surface area contributed by atoms with Gasteiger partial charge in [0.05, 0.1) is 18.8 Å². The molecule has 2 aromatic rings. The zero-order valence-corrected chi connectivity index (χ0v) is 15.4. The summed E-state index contributed by atoms with van der Waals surface area (Å²) < 4.78 is 18.9. The monoisotopic (exact) mass is 370 g/mol. The molecule has 0 spiro atoms. The molecule has 1 N–H and O–H groups in total. The summed E-state index contributed by atoms with van der Waals surface area (Å²) in [5.41, 5.74) is 2.16. The minimum Gasteiger partial charge on any atom is -0.371 e. The van der Waals surface area contributed by atoms with E-state index >= 15 is 0 Å². The molecule has 1 aliphatic rings. The van der Waals surface area contributed by atoms with Crippen molar-refractivity contribution in [2.75, 3.05) is 25.0 Å². The molecule has 6 heteroatoms. The maximum atomic E-state index is 13.1. The van der Waals surface area contributed by atoms with E-state index in [1.165, 1.54) is 19.1 Å². The normalized spacial score (nSPS) is 18.7. The number of benzene rings is 2. The van der Waals surface area contributed by atoms with Gasteiger partial charge in [-0.15, -0.1) is 0 Å². The second kappa shape index (κ2) is 8.41. The second-order valence-corrected chi connectivity index (χ2v) is 6.70. The first-order valence-electron chi connectivity index (χ1n) is 8.97. The van der Waals surface area contributed by atoms with Crippen molar-refractivity contribution >= 4 is 17.4 Å². The average Bonchev–Trinajstić information content (AvgIpc) is 2.68. The lowest BCUT2D eigenvalue weighted by molar-refractivity contribution is -0.124. The summed E-state index contributed by atoms with van der Waals surface area (Å²) >= 11 is 0. The number of ketones is 1. The molecule has 5 nitrogen and oxygen atoms in total. The maximum absolute atomic E-state index is 13.1. The Morgan fingerprint density at radius 1 is 1.15 bits per heavy atom. The number of rotatable bonds is 5. The minimum atomic E-state index is -0.343. The van der Waals surface area contributed by atoms with Crippen LogP contribution in [0.2, 0.25) is 0 Å². The van der Waals surface area contributed by atoms with E-state index in [1.54, 1.807) is 36.4 Å². The SMILES string of the molecule is CC(=O)c1ccc(NC(=O)[C@H](C)N2CCO[C@H](c3ccc(F)cc3)C2)cc1. The molecule has 1 saturated heterocycles. The van der Waals surface area contributed by atoms with Gasteiger partial charge in [-0.3, -0.25) is 14.5 Å². The van der Waals surface area contributed by atoms with Gasteiger partial charge in [0.25, 0.3) is 0 Å². The third-order valence-corrected chi connectivity index (χ3v) is 4.83. The van der Waals surface area contributed by atoms with Crippen LogP contribution in [-0.4, -0.2) is 42.3 Å². The van der Waals surface area contributed by atoms with Crippen molar-refractivity contribution in [3.05, 3.63) is 65.5 Å². The number of nitrogens with one attached hydrogen (secondary N) is 1. The second-order valence-electron chi connectivity index (χ2n) is 6.70. The Balaban J connectivity index is 1.61. The lowest BCUT2D eigenvalue weighted by Crippen LogP contribution is -2.48. The van der Waals surface area contributed by atoms with Crippen LogP contribution in [0.15, 0.2) is 48.5 Å². The number of morpholine rings is 1. The first-order valence-corrected chi connectivity index (χ1v) is 8.97. The fourth-order valence-corrected chi connectivity index (χ4v) is 3.10. The van der Waals surface area contributed by atoms with E-state index in [9.17, 15) is 14.0 Å². The largest absolute Gasteiger partial charge is 0.371 e. The van der Waals surface area contributed by atoms with Crippen LogP contribution in [0.1, 0.15) is 35.9 Å². The van der Waals surface area contributed by atoms with E-state index in [-0.39, 0.29) is 29.7 Å². The first-order chi connectivity index (χ1) is 12.9. The Labute approximate surface area is 158 Å². The van der Waals surface area contributed by atoms with E-state index in [2.05, 4.69) is 10.2 Å². The zero-order chi connectivity index (χ0) is 19.4. The van der Waals surface area contributed by atoms with Crippen molar-refractivity contribution in [1.29, 1.82) is 0 Å². The van der Waals surface area contributed by atoms with Gasteiger partial charge in [0.2, 0.25) is 5.91 Å². The van der Waals surface area contributed by atoms with E-state index in [0.29, 0.717) is 30.9 Å². The summed E-state index contributed by atoms with van der Waals surface area (Å²) in [5, 5.41) is 2.88. The van der Waals surface area contributed by atoms with Gasteiger partial charge in [0.15, 0.2) is 5.78 Å². The highest BCUT2D eigenvalue weighted by atomic mass is 19.1. The molecule has 1 fully saturated rings. The average molecular weight is 370 g/mol. The van der Waals surface area contributed by atoms with E-state index in [4.69, 9.17) is 4.74 Å². The number of carbonyl (C=O) groups is 2. The first kappa shape index (κ1) is 19.2. The number of hydrogen-bond donors (Lipinski definition) is 1. The Hall–Kier alpha value is -2.57.